The van der Waals surface area contributed by atoms with E-state index in [0.717, 1.165) is 22.4 Å². The van der Waals surface area contributed by atoms with Crippen LogP contribution in [-0.4, -0.2) is 13.1 Å². The topological polar surface area (TPSA) is 52.3 Å². The van der Waals surface area contributed by atoms with Crippen LogP contribution in [0.5, 0.6) is 0 Å². The average Bonchev–Trinajstić information content (AvgIpc) is 2.24. The third kappa shape index (κ3) is 2.50. The normalized spacial score (nSPS) is 9.00. The van der Waals surface area contributed by atoms with Crippen LogP contribution in [-0.2, 0) is 9.53 Å². The zero-order valence-electron chi connectivity index (χ0n) is 9.05. The van der Waals surface area contributed by atoms with Gasteiger partial charge in [0.15, 0.2) is 0 Å². The third-order valence-electron chi connectivity index (χ3n) is 2.31. The first-order valence-corrected chi connectivity index (χ1v) is 4.52. The van der Waals surface area contributed by atoms with E-state index in [-0.39, 0.29) is 0 Å². The highest BCUT2D eigenvalue weighted by atomic mass is 16.5. The van der Waals surface area contributed by atoms with Crippen LogP contribution in [0.3, 0.4) is 0 Å². The smallest absolute Gasteiger partial charge is 0.384 e. The summed E-state index contributed by atoms with van der Waals surface area (Å²) < 4.78 is 4.43. The summed E-state index contributed by atoms with van der Waals surface area (Å²) in [5.74, 6) is 4.60. The van der Waals surface area contributed by atoms with Gasteiger partial charge in [0.05, 0.1) is 7.11 Å². The van der Waals surface area contributed by atoms with Gasteiger partial charge in [-0.05, 0) is 37.1 Å². The quantitative estimate of drug-likeness (QED) is 0.394. The number of carbonyl (C=O) groups is 1. The first-order chi connectivity index (χ1) is 7.06. The van der Waals surface area contributed by atoms with Crippen molar-refractivity contribution in [2.45, 2.75) is 13.8 Å². The summed E-state index contributed by atoms with van der Waals surface area (Å²) in [5, 5.41) is 0. The van der Waals surface area contributed by atoms with Crippen molar-refractivity contribution in [3.05, 3.63) is 28.8 Å². The number of ether oxygens (including phenoxy) is 1. The number of benzene rings is 1. The van der Waals surface area contributed by atoms with Crippen molar-refractivity contribution in [1.82, 2.24) is 0 Å². The van der Waals surface area contributed by atoms with Crippen LogP contribution in [0.2, 0.25) is 0 Å². The van der Waals surface area contributed by atoms with Crippen LogP contribution in [0.1, 0.15) is 16.7 Å². The SMILES string of the molecule is COC(=O)C#Cc1ccc(N)c(C)c1C. The molecule has 0 heterocycles. The largest absolute Gasteiger partial charge is 0.459 e. The molecule has 1 aromatic rings. The molecule has 15 heavy (non-hydrogen) atoms. The Morgan fingerprint density at radius 3 is 2.60 bits per heavy atom. The van der Waals surface area contributed by atoms with Crippen LogP contribution < -0.4 is 5.73 Å². The molecular formula is C12H13NO2. The molecule has 0 aliphatic rings. The molecule has 0 radical (unpaired) electrons. The lowest BCUT2D eigenvalue weighted by Crippen LogP contribution is -1.97. The molecule has 0 saturated carbocycles. The maximum Gasteiger partial charge on any atom is 0.384 e. The molecule has 3 heteroatoms. The fourth-order valence-corrected chi connectivity index (χ4v) is 1.15. The van der Waals surface area contributed by atoms with Gasteiger partial charge in [-0.15, -0.1) is 0 Å². The van der Waals surface area contributed by atoms with Crippen LogP contribution in [0.15, 0.2) is 12.1 Å². The molecule has 1 rings (SSSR count). The Kier molecular flexibility index (Phi) is 3.35. The van der Waals surface area contributed by atoms with Crippen molar-refractivity contribution >= 4 is 11.7 Å². The first-order valence-electron chi connectivity index (χ1n) is 4.52. The molecule has 0 aliphatic heterocycles. The Hall–Kier alpha value is -1.95. The molecule has 0 spiro atoms. The fraction of sp³-hybridized carbons (Fsp3) is 0.250. The Morgan fingerprint density at radius 1 is 1.33 bits per heavy atom. The van der Waals surface area contributed by atoms with E-state index in [2.05, 4.69) is 16.6 Å². The fourth-order valence-electron chi connectivity index (χ4n) is 1.15. The second kappa shape index (κ2) is 4.52. The zero-order chi connectivity index (χ0) is 11.4. The van der Waals surface area contributed by atoms with Crippen molar-refractivity contribution in [2.75, 3.05) is 12.8 Å². The molecule has 3 nitrogen and oxygen atoms in total. The van der Waals surface area contributed by atoms with Gasteiger partial charge in [-0.3, -0.25) is 0 Å². The number of esters is 1. The summed E-state index contributed by atoms with van der Waals surface area (Å²) in [4.78, 5) is 10.8. The van der Waals surface area contributed by atoms with Gasteiger partial charge in [0.1, 0.15) is 0 Å². The highest BCUT2D eigenvalue weighted by Gasteiger charge is 2.01. The minimum Gasteiger partial charge on any atom is -0.459 e. The number of nitrogens with two attached hydrogens (primary N) is 1. The molecule has 0 atom stereocenters. The Bertz CT molecular complexity index is 453. The summed E-state index contributed by atoms with van der Waals surface area (Å²) >= 11 is 0. The van der Waals surface area contributed by atoms with Gasteiger partial charge in [0.2, 0.25) is 0 Å². The van der Waals surface area contributed by atoms with Gasteiger partial charge in [0, 0.05) is 17.2 Å². The van der Waals surface area contributed by atoms with Gasteiger partial charge >= 0.3 is 5.97 Å². The summed E-state index contributed by atoms with van der Waals surface area (Å²) in [6.07, 6.45) is 0. The maximum atomic E-state index is 10.8. The van der Waals surface area contributed by atoms with E-state index in [9.17, 15) is 4.79 Å². The average molecular weight is 203 g/mol. The van der Waals surface area contributed by atoms with Gasteiger partial charge in [-0.25, -0.2) is 4.79 Å². The number of methoxy groups -OCH3 is 1. The van der Waals surface area contributed by atoms with Crippen molar-refractivity contribution in [2.24, 2.45) is 0 Å². The molecular weight excluding hydrogens is 190 g/mol. The standard InChI is InChI=1S/C12H13NO2/c1-8-9(2)11(13)6-4-10(8)5-7-12(14)15-3/h4,6H,13H2,1-3H3. The number of hydrogen-bond donors (Lipinski definition) is 1. The number of hydrogen-bond acceptors (Lipinski definition) is 3. The monoisotopic (exact) mass is 203 g/mol. The van der Waals surface area contributed by atoms with Crippen molar-refractivity contribution < 1.29 is 9.53 Å². The number of nitrogen functional groups attached to an aromatic ring is 1. The van der Waals surface area contributed by atoms with E-state index in [1.165, 1.54) is 7.11 Å². The summed E-state index contributed by atoms with van der Waals surface area (Å²) in [7, 11) is 1.30. The molecule has 0 amide bonds. The van der Waals surface area contributed by atoms with Gasteiger partial charge in [-0.1, -0.05) is 5.92 Å². The molecule has 0 fully saturated rings. The summed E-state index contributed by atoms with van der Waals surface area (Å²) in [6.45, 7) is 3.85. The minimum atomic E-state index is -0.538. The highest BCUT2D eigenvalue weighted by Crippen LogP contribution is 2.18. The number of anilines is 1. The summed E-state index contributed by atoms with van der Waals surface area (Å²) in [5.41, 5.74) is 9.25. The molecule has 2 N–H and O–H groups in total. The van der Waals surface area contributed by atoms with E-state index in [4.69, 9.17) is 5.73 Å². The lowest BCUT2D eigenvalue weighted by atomic mass is 10.0. The Morgan fingerprint density at radius 2 is 2.00 bits per heavy atom. The Labute approximate surface area is 89.2 Å². The lowest BCUT2D eigenvalue weighted by Gasteiger charge is -2.05. The predicted octanol–water partition coefficient (Wildman–Crippen LogP) is 1.41. The maximum absolute atomic E-state index is 10.8. The number of carbonyl (C=O) groups excluding carboxylic acids is 1. The highest BCUT2D eigenvalue weighted by molar-refractivity contribution is 5.89. The molecule has 78 valence electrons. The zero-order valence-corrected chi connectivity index (χ0v) is 9.05. The van der Waals surface area contributed by atoms with Crippen LogP contribution in [0.4, 0.5) is 5.69 Å². The van der Waals surface area contributed by atoms with Crippen LogP contribution in [0.25, 0.3) is 0 Å². The van der Waals surface area contributed by atoms with E-state index in [0.29, 0.717) is 0 Å². The third-order valence-corrected chi connectivity index (χ3v) is 2.31. The molecule has 0 aromatic heterocycles. The second-order valence-electron chi connectivity index (χ2n) is 3.19. The molecule has 0 aliphatic carbocycles. The van der Waals surface area contributed by atoms with E-state index in [1.807, 2.05) is 13.8 Å². The minimum absolute atomic E-state index is 0.538. The van der Waals surface area contributed by atoms with Gasteiger partial charge in [0.25, 0.3) is 0 Å². The molecule has 1 aromatic carbocycles. The van der Waals surface area contributed by atoms with Crippen molar-refractivity contribution in [3.8, 4) is 11.8 Å². The lowest BCUT2D eigenvalue weighted by molar-refractivity contribution is -0.133. The van der Waals surface area contributed by atoms with Gasteiger partial charge in [-0.2, -0.15) is 0 Å². The summed E-state index contributed by atoms with van der Waals surface area (Å²) in [6, 6.07) is 3.58. The molecule has 0 bridgehead atoms. The predicted molar refractivity (Wildman–Crippen MR) is 59.2 cm³/mol. The second-order valence-corrected chi connectivity index (χ2v) is 3.19. The first kappa shape index (κ1) is 11.1. The van der Waals surface area contributed by atoms with E-state index in [1.54, 1.807) is 12.1 Å². The van der Waals surface area contributed by atoms with E-state index >= 15 is 0 Å². The van der Waals surface area contributed by atoms with Crippen LogP contribution >= 0.6 is 0 Å². The number of rotatable bonds is 0. The van der Waals surface area contributed by atoms with Crippen molar-refractivity contribution in [3.63, 3.8) is 0 Å². The molecule has 0 unspecified atom stereocenters. The van der Waals surface area contributed by atoms with E-state index < -0.39 is 5.97 Å². The molecule has 0 saturated heterocycles. The Balaban J connectivity index is 3.10. The van der Waals surface area contributed by atoms with Gasteiger partial charge < -0.3 is 10.5 Å². The van der Waals surface area contributed by atoms with Crippen molar-refractivity contribution in [1.29, 1.82) is 0 Å². The van der Waals surface area contributed by atoms with Crippen LogP contribution in [0, 0.1) is 25.7 Å².